The quantitative estimate of drug-likeness (QED) is 0.601. The lowest BCUT2D eigenvalue weighted by atomic mass is 10.0. The number of hydrogen-bond donors (Lipinski definition) is 0. The minimum absolute atomic E-state index is 0.109. The molecule has 3 heteroatoms. The van der Waals surface area contributed by atoms with Crippen LogP contribution < -0.4 is 0 Å². The Hall–Kier alpha value is -0.410. The van der Waals surface area contributed by atoms with Crippen LogP contribution in [0.1, 0.15) is 25.7 Å². The number of methoxy groups -OCH3 is 2. The van der Waals surface area contributed by atoms with Crippen molar-refractivity contribution in [2.45, 2.75) is 32.0 Å². The van der Waals surface area contributed by atoms with Crippen LogP contribution in [0.3, 0.4) is 0 Å². The zero-order valence-electron chi connectivity index (χ0n) is 7.71. The van der Waals surface area contributed by atoms with Crippen LogP contribution in [0.4, 0.5) is 0 Å². The summed E-state index contributed by atoms with van der Waals surface area (Å²) in [7, 11) is 3.00. The van der Waals surface area contributed by atoms with E-state index in [0.717, 1.165) is 25.7 Å². The van der Waals surface area contributed by atoms with Gasteiger partial charge in [-0.1, -0.05) is 12.8 Å². The van der Waals surface area contributed by atoms with Gasteiger partial charge in [-0.25, -0.2) is 0 Å². The topological polar surface area (TPSA) is 35.5 Å². The van der Waals surface area contributed by atoms with Gasteiger partial charge in [0.05, 0.1) is 0 Å². The summed E-state index contributed by atoms with van der Waals surface area (Å²) in [5, 5.41) is 0. The van der Waals surface area contributed by atoms with E-state index >= 15 is 0 Å². The maximum Gasteiger partial charge on any atom is 0.217 e. The zero-order valence-corrected chi connectivity index (χ0v) is 7.71. The second-order valence-corrected chi connectivity index (χ2v) is 3.19. The van der Waals surface area contributed by atoms with E-state index in [-0.39, 0.29) is 11.7 Å². The van der Waals surface area contributed by atoms with Crippen molar-refractivity contribution in [3.05, 3.63) is 0 Å². The summed E-state index contributed by atoms with van der Waals surface area (Å²) in [6, 6.07) is 0. The molecule has 12 heavy (non-hydrogen) atoms. The molecule has 1 aliphatic rings. The lowest BCUT2D eigenvalue weighted by Crippen LogP contribution is -2.30. The molecule has 0 spiro atoms. The molecule has 0 saturated heterocycles. The maximum absolute atomic E-state index is 11.6. The molecule has 0 bridgehead atoms. The van der Waals surface area contributed by atoms with Crippen LogP contribution in [0.15, 0.2) is 0 Å². The van der Waals surface area contributed by atoms with E-state index in [1.54, 1.807) is 0 Å². The van der Waals surface area contributed by atoms with Crippen molar-refractivity contribution in [3.8, 4) is 0 Å². The van der Waals surface area contributed by atoms with Crippen molar-refractivity contribution in [2.24, 2.45) is 5.92 Å². The van der Waals surface area contributed by atoms with Crippen LogP contribution >= 0.6 is 0 Å². The fraction of sp³-hybridized carbons (Fsp3) is 0.889. The van der Waals surface area contributed by atoms with Gasteiger partial charge in [-0.15, -0.1) is 0 Å². The summed E-state index contributed by atoms with van der Waals surface area (Å²) < 4.78 is 9.80. The van der Waals surface area contributed by atoms with Gasteiger partial charge in [0.2, 0.25) is 6.29 Å². The van der Waals surface area contributed by atoms with Crippen molar-refractivity contribution < 1.29 is 14.3 Å². The number of carbonyl (C=O) groups is 1. The lowest BCUT2D eigenvalue weighted by Gasteiger charge is -2.15. The molecule has 0 heterocycles. The number of hydrogen-bond acceptors (Lipinski definition) is 3. The first-order valence-electron chi connectivity index (χ1n) is 4.39. The van der Waals surface area contributed by atoms with Gasteiger partial charge in [-0.05, 0) is 12.8 Å². The van der Waals surface area contributed by atoms with Gasteiger partial charge in [-0.2, -0.15) is 0 Å². The molecule has 0 amide bonds. The number of carbonyl (C=O) groups excluding carboxylic acids is 1. The van der Waals surface area contributed by atoms with E-state index in [0.29, 0.717) is 0 Å². The van der Waals surface area contributed by atoms with E-state index in [4.69, 9.17) is 9.47 Å². The highest BCUT2D eigenvalue weighted by Crippen LogP contribution is 2.26. The van der Waals surface area contributed by atoms with Crippen LogP contribution in [0.2, 0.25) is 0 Å². The first kappa shape index (κ1) is 9.68. The molecule has 0 aromatic heterocycles. The van der Waals surface area contributed by atoms with Crippen LogP contribution in [0.25, 0.3) is 0 Å². The van der Waals surface area contributed by atoms with Gasteiger partial charge in [0.15, 0.2) is 5.78 Å². The Morgan fingerprint density at radius 2 is 1.75 bits per heavy atom. The molecule has 70 valence electrons. The molecule has 1 saturated carbocycles. The first-order valence-corrected chi connectivity index (χ1v) is 4.39. The SMILES string of the molecule is COC(OC)C(=O)C1CCCC1. The molecule has 0 aromatic rings. The summed E-state index contributed by atoms with van der Waals surface area (Å²) in [4.78, 5) is 11.6. The highest BCUT2D eigenvalue weighted by atomic mass is 16.7. The van der Waals surface area contributed by atoms with E-state index in [1.165, 1.54) is 14.2 Å². The van der Waals surface area contributed by atoms with Crippen LogP contribution in [-0.2, 0) is 14.3 Å². The third-order valence-electron chi connectivity index (χ3n) is 2.42. The molecule has 1 aliphatic carbocycles. The minimum Gasteiger partial charge on any atom is -0.349 e. The zero-order chi connectivity index (χ0) is 8.97. The second-order valence-electron chi connectivity index (χ2n) is 3.19. The summed E-state index contributed by atoms with van der Waals surface area (Å²) in [6.45, 7) is 0. The number of ketones is 1. The number of rotatable bonds is 4. The average molecular weight is 172 g/mol. The molecule has 0 aliphatic heterocycles. The molecule has 3 nitrogen and oxygen atoms in total. The van der Waals surface area contributed by atoms with Crippen molar-refractivity contribution in [1.82, 2.24) is 0 Å². The van der Waals surface area contributed by atoms with Gasteiger partial charge in [0.1, 0.15) is 0 Å². The first-order chi connectivity index (χ1) is 5.79. The highest BCUT2D eigenvalue weighted by Gasteiger charge is 2.28. The Labute approximate surface area is 73.0 Å². The third kappa shape index (κ3) is 2.05. The van der Waals surface area contributed by atoms with Crippen molar-refractivity contribution in [2.75, 3.05) is 14.2 Å². The van der Waals surface area contributed by atoms with E-state index < -0.39 is 6.29 Å². The number of Topliss-reactive ketones (excluding diaryl/α,β-unsaturated/α-hetero) is 1. The minimum atomic E-state index is -0.645. The molecule has 1 fully saturated rings. The molecule has 0 N–H and O–H groups in total. The predicted molar refractivity (Wildman–Crippen MR) is 44.8 cm³/mol. The fourth-order valence-electron chi connectivity index (χ4n) is 1.73. The predicted octanol–water partition coefficient (Wildman–Crippen LogP) is 1.36. The Morgan fingerprint density at radius 1 is 1.25 bits per heavy atom. The Bertz CT molecular complexity index is 142. The van der Waals surface area contributed by atoms with Crippen molar-refractivity contribution in [1.29, 1.82) is 0 Å². The summed E-state index contributed by atoms with van der Waals surface area (Å²) >= 11 is 0. The molecule has 0 unspecified atom stereocenters. The van der Waals surface area contributed by atoms with Gasteiger partial charge < -0.3 is 9.47 Å². The summed E-state index contributed by atoms with van der Waals surface area (Å²) in [5.41, 5.74) is 0. The molecular weight excluding hydrogens is 156 g/mol. The largest absolute Gasteiger partial charge is 0.349 e. The Kier molecular flexibility index (Phi) is 3.69. The molecule has 0 atom stereocenters. The van der Waals surface area contributed by atoms with Crippen molar-refractivity contribution in [3.63, 3.8) is 0 Å². The summed E-state index contributed by atoms with van der Waals surface area (Å²) in [5.74, 6) is 0.285. The molecule has 0 radical (unpaired) electrons. The van der Waals surface area contributed by atoms with E-state index in [1.807, 2.05) is 0 Å². The monoisotopic (exact) mass is 172 g/mol. The molecular formula is C9H16O3. The van der Waals surface area contributed by atoms with Crippen LogP contribution in [0, 0.1) is 5.92 Å². The van der Waals surface area contributed by atoms with E-state index in [9.17, 15) is 4.79 Å². The molecule has 1 rings (SSSR count). The third-order valence-corrected chi connectivity index (χ3v) is 2.42. The Morgan fingerprint density at radius 3 is 2.17 bits per heavy atom. The normalized spacial score (nSPS) is 18.9. The maximum atomic E-state index is 11.6. The lowest BCUT2D eigenvalue weighted by molar-refractivity contribution is -0.160. The smallest absolute Gasteiger partial charge is 0.217 e. The Balaban J connectivity index is 2.43. The highest BCUT2D eigenvalue weighted by molar-refractivity contribution is 5.84. The second kappa shape index (κ2) is 4.58. The van der Waals surface area contributed by atoms with Crippen molar-refractivity contribution >= 4 is 5.78 Å². The average Bonchev–Trinajstić information content (AvgIpc) is 2.58. The van der Waals surface area contributed by atoms with Crippen LogP contribution in [-0.4, -0.2) is 26.3 Å². The van der Waals surface area contributed by atoms with Gasteiger partial charge in [0, 0.05) is 20.1 Å². The fourth-order valence-corrected chi connectivity index (χ4v) is 1.73. The number of ether oxygens (including phenoxy) is 2. The van der Waals surface area contributed by atoms with Gasteiger partial charge in [-0.3, -0.25) is 4.79 Å². The van der Waals surface area contributed by atoms with Crippen LogP contribution in [0.5, 0.6) is 0 Å². The molecule has 0 aromatic carbocycles. The van der Waals surface area contributed by atoms with E-state index in [2.05, 4.69) is 0 Å². The van der Waals surface area contributed by atoms with Gasteiger partial charge in [0.25, 0.3) is 0 Å². The van der Waals surface area contributed by atoms with Gasteiger partial charge >= 0.3 is 0 Å². The summed E-state index contributed by atoms with van der Waals surface area (Å²) in [6.07, 6.45) is 3.69. The standard InChI is InChI=1S/C9H16O3/c1-11-9(12-2)8(10)7-5-3-4-6-7/h7,9H,3-6H2,1-2H3.